The maximum absolute atomic E-state index is 11.6. The van der Waals surface area contributed by atoms with E-state index < -0.39 is 24.9 Å². The fourth-order valence-corrected chi connectivity index (χ4v) is 7.01. The number of methoxy groups -OCH3 is 1. The first-order valence-electron chi connectivity index (χ1n) is 12.6. The maximum Gasteiger partial charge on any atom is 0.320 e. The first-order valence-corrected chi connectivity index (χ1v) is 15.3. The van der Waals surface area contributed by atoms with Crippen LogP contribution < -0.4 is 20.1 Å². The Kier molecular flexibility index (Phi) is 9.42. The summed E-state index contributed by atoms with van der Waals surface area (Å²) in [6.07, 6.45) is 9.53. The SMILES string of the molecule is C#C.COc1nc(N)nc2c1ncn2[C@@H]1O[C@H](COP(=S)(NC(C)C(=O)O)Oc2cccc3ccccc23)C[C@@H]1C. The van der Waals surface area contributed by atoms with Gasteiger partial charge in [0.1, 0.15) is 18.0 Å². The Morgan fingerprint density at radius 2 is 2.02 bits per heavy atom. The molecule has 41 heavy (non-hydrogen) atoms. The van der Waals surface area contributed by atoms with Gasteiger partial charge in [0.25, 0.3) is 0 Å². The third-order valence-corrected chi connectivity index (χ3v) is 8.93. The van der Waals surface area contributed by atoms with E-state index in [0.29, 0.717) is 23.3 Å². The molecule has 1 aliphatic rings. The lowest BCUT2D eigenvalue weighted by Gasteiger charge is -2.27. The third-order valence-electron chi connectivity index (χ3n) is 6.45. The summed E-state index contributed by atoms with van der Waals surface area (Å²) in [5, 5.41) is 14.2. The number of hydrogen-bond donors (Lipinski definition) is 3. The molecule has 0 saturated carbocycles. The Labute approximate surface area is 242 Å². The van der Waals surface area contributed by atoms with Crippen LogP contribution in [0.4, 0.5) is 5.95 Å². The molecule has 2 aromatic heterocycles. The maximum atomic E-state index is 11.6. The van der Waals surface area contributed by atoms with Gasteiger partial charge in [0.15, 0.2) is 11.2 Å². The number of hydrogen-bond acceptors (Lipinski definition) is 10. The van der Waals surface area contributed by atoms with Crippen LogP contribution in [-0.4, -0.2) is 56.5 Å². The van der Waals surface area contributed by atoms with Crippen molar-refractivity contribution in [3.63, 3.8) is 0 Å². The highest BCUT2D eigenvalue weighted by Gasteiger charge is 2.37. The lowest BCUT2D eigenvalue weighted by molar-refractivity contribution is -0.138. The molecule has 5 atom stereocenters. The second-order valence-electron chi connectivity index (χ2n) is 9.33. The summed E-state index contributed by atoms with van der Waals surface area (Å²) in [6, 6.07) is 12.3. The summed E-state index contributed by atoms with van der Waals surface area (Å²) in [5.41, 5.74) is 6.85. The molecule has 14 heteroatoms. The van der Waals surface area contributed by atoms with Crippen molar-refractivity contribution >= 4 is 52.3 Å². The molecule has 1 aliphatic heterocycles. The zero-order valence-electron chi connectivity index (χ0n) is 22.7. The van der Waals surface area contributed by atoms with Gasteiger partial charge in [-0.1, -0.05) is 43.3 Å². The molecule has 1 saturated heterocycles. The van der Waals surface area contributed by atoms with Crippen LogP contribution in [0.15, 0.2) is 48.8 Å². The number of nitrogens with zero attached hydrogens (tertiary/aromatic N) is 4. The summed E-state index contributed by atoms with van der Waals surface area (Å²) in [5.74, 6) is -0.135. The summed E-state index contributed by atoms with van der Waals surface area (Å²) in [7, 11) is 1.49. The number of imidazole rings is 1. The van der Waals surface area contributed by atoms with E-state index in [9.17, 15) is 9.90 Å². The van der Waals surface area contributed by atoms with Crippen LogP contribution in [0.2, 0.25) is 0 Å². The molecular formula is C27H31N6O6PS. The largest absolute Gasteiger partial charge is 0.480 e. The van der Waals surface area contributed by atoms with Crippen LogP contribution in [0.3, 0.4) is 0 Å². The molecule has 5 rings (SSSR count). The van der Waals surface area contributed by atoms with Gasteiger partial charge >= 0.3 is 12.6 Å². The number of carbonyl (C=O) groups is 1. The quantitative estimate of drug-likeness (QED) is 0.178. The molecule has 0 aliphatic carbocycles. The number of benzene rings is 2. The number of terminal acetylenes is 1. The highest BCUT2D eigenvalue weighted by Crippen LogP contribution is 2.48. The zero-order chi connectivity index (χ0) is 29.7. The molecule has 12 nitrogen and oxygen atoms in total. The number of rotatable bonds is 10. The van der Waals surface area contributed by atoms with E-state index in [-0.39, 0.29) is 30.5 Å². The number of nitrogens with one attached hydrogen (secondary N) is 1. The van der Waals surface area contributed by atoms with Crippen molar-refractivity contribution in [3.8, 4) is 24.5 Å². The van der Waals surface area contributed by atoms with Gasteiger partial charge in [-0.05, 0) is 36.6 Å². The normalized spacial score (nSPS) is 20.6. The first-order chi connectivity index (χ1) is 19.7. The standard InChI is InChI=1S/C25H29N6O6PS.C2H2/c1-14-11-17(36-23(14)31-13-27-20-21(31)28-25(26)29-22(20)34-3)12-35-38(39,30-15(2)24(32)33)37-19-10-6-8-16-7-4-5-9-18(16)19;1-2/h4-10,13-15,17,23H,11-12H2,1-3H3,(H,30,39)(H,32,33)(H2,26,28,29);1-2H/t14-,15?,17-,23+,38?;/m0./s1. The number of nitrogens with two attached hydrogens (primary N) is 1. The fraction of sp³-hybridized carbons (Fsp3) is 0.333. The average Bonchev–Trinajstić information content (AvgIpc) is 3.55. The van der Waals surface area contributed by atoms with E-state index >= 15 is 0 Å². The molecule has 0 spiro atoms. The first kappa shape index (κ1) is 30.2. The van der Waals surface area contributed by atoms with E-state index in [1.54, 1.807) is 17.0 Å². The molecule has 2 unspecified atom stereocenters. The van der Waals surface area contributed by atoms with E-state index in [0.717, 1.165) is 10.8 Å². The van der Waals surface area contributed by atoms with Crippen molar-refractivity contribution in [2.45, 2.75) is 38.6 Å². The Morgan fingerprint density at radius 1 is 1.29 bits per heavy atom. The highest BCUT2D eigenvalue weighted by atomic mass is 32.5. The van der Waals surface area contributed by atoms with Crippen molar-refractivity contribution < 1.29 is 28.4 Å². The predicted molar refractivity (Wildman–Crippen MR) is 159 cm³/mol. The molecule has 4 aromatic rings. The van der Waals surface area contributed by atoms with Crippen molar-refractivity contribution in [1.82, 2.24) is 24.6 Å². The second-order valence-corrected chi connectivity index (χ2v) is 12.5. The Balaban J connectivity index is 0.00000189. The van der Waals surface area contributed by atoms with Gasteiger partial charge in [0.2, 0.25) is 11.8 Å². The number of fused-ring (bicyclic) bond motifs is 2. The van der Waals surface area contributed by atoms with Crippen LogP contribution in [-0.2, 0) is 25.9 Å². The smallest absolute Gasteiger partial charge is 0.320 e. The van der Waals surface area contributed by atoms with Gasteiger partial charge in [0.05, 0.1) is 26.1 Å². The lowest BCUT2D eigenvalue weighted by Crippen LogP contribution is -2.34. The Bertz CT molecular complexity index is 1610. The van der Waals surface area contributed by atoms with Gasteiger partial charge in [0, 0.05) is 11.3 Å². The van der Waals surface area contributed by atoms with Gasteiger partial charge in [-0.3, -0.25) is 9.36 Å². The molecule has 3 heterocycles. The summed E-state index contributed by atoms with van der Waals surface area (Å²) in [6.45, 7) is 0.321. The van der Waals surface area contributed by atoms with Crippen LogP contribution >= 0.6 is 6.64 Å². The number of aliphatic carboxylic acids is 1. The summed E-state index contributed by atoms with van der Waals surface area (Å²) in [4.78, 5) is 24.4. The number of ether oxygens (including phenoxy) is 2. The minimum atomic E-state index is -3.31. The van der Waals surface area contributed by atoms with E-state index in [2.05, 4.69) is 32.9 Å². The van der Waals surface area contributed by atoms with Crippen LogP contribution in [0, 0.1) is 18.8 Å². The minimum Gasteiger partial charge on any atom is -0.480 e. The molecule has 4 N–H and O–H groups in total. The number of anilines is 1. The summed E-state index contributed by atoms with van der Waals surface area (Å²) >= 11 is 5.80. The average molecular weight is 599 g/mol. The van der Waals surface area contributed by atoms with E-state index in [1.807, 2.05) is 43.3 Å². The highest BCUT2D eigenvalue weighted by molar-refractivity contribution is 8.09. The molecule has 0 bridgehead atoms. The zero-order valence-corrected chi connectivity index (χ0v) is 24.4. The van der Waals surface area contributed by atoms with Crippen molar-refractivity contribution in [2.75, 3.05) is 19.5 Å². The topological polar surface area (TPSA) is 156 Å². The molecule has 216 valence electrons. The molecular weight excluding hydrogens is 567 g/mol. The fourth-order valence-electron chi connectivity index (χ4n) is 4.57. The van der Waals surface area contributed by atoms with E-state index in [4.69, 9.17) is 36.1 Å². The van der Waals surface area contributed by atoms with E-state index in [1.165, 1.54) is 14.0 Å². The predicted octanol–water partition coefficient (Wildman–Crippen LogP) is 4.13. The van der Waals surface area contributed by atoms with Crippen LogP contribution in [0.5, 0.6) is 11.6 Å². The van der Waals surface area contributed by atoms with Gasteiger partial charge in [-0.15, -0.1) is 12.8 Å². The molecule has 0 amide bonds. The Hall–Kier alpha value is -3.79. The molecule has 1 fully saturated rings. The number of carboxylic acid groups (broad SMARTS) is 1. The van der Waals surface area contributed by atoms with Crippen LogP contribution in [0.25, 0.3) is 21.9 Å². The third kappa shape index (κ3) is 6.59. The Morgan fingerprint density at radius 3 is 2.76 bits per heavy atom. The van der Waals surface area contributed by atoms with Crippen molar-refractivity contribution in [2.24, 2.45) is 5.92 Å². The number of carboxylic acids is 1. The van der Waals surface area contributed by atoms with Crippen molar-refractivity contribution in [1.29, 1.82) is 0 Å². The van der Waals surface area contributed by atoms with Gasteiger partial charge in [-0.2, -0.15) is 9.97 Å². The monoisotopic (exact) mass is 598 g/mol. The van der Waals surface area contributed by atoms with Crippen molar-refractivity contribution in [3.05, 3.63) is 48.8 Å². The summed E-state index contributed by atoms with van der Waals surface area (Å²) < 4.78 is 25.8. The van der Waals surface area contributed by atoms with Gasteiger partial charge in [-0.25, -0.2) is 10.1 Å². The number of nitrogen functional groups attached to an aromatic ring is 1. The minimum absolute atomic E-state index is 0.0662. The lowest BCUT2D eigenvalue weighted by atomic mass is 10.1. The molecule has 2 aromatic carbocycles. The second kappa shape index (κ2) is 12.8. The van der Waals surface area contributed by atoms with Crippen LogP contribution in [0.1, 0.15) is 26.5 Å². The number of aromatic nitrogens is 4. The molecule has 0 radical (unpaired) electrons. The van der Waals surface area contributed by atoms with Gasteiger partial charge < -0.3 is 29.4 Å².